The third-order valence-corrected chi connectivity index (χ3v) is 11.2. The maximum Gasteiger partial charge on any atom is 0.345 e. The highest BCUT2D eigenvalue weighted by molar-refractivity contribution is 5.90. The smallest absolute Gasteiger partial charge is 0.345 e. The van der Waals surface area contributed by atoms with E-state index in [2.05, 4.69) is 31.8 Å². The first-order valence-electron chi connectivity index (χ1n) is 15.6. The fraction of sp³-hybridized carbons (Fsp3) is 0.472. The summed E-state index contributed by atoms with van der Waals surface area (Å²) >= 11 is 0. The van der Waals surface area contributed by atoms with Gasteiger partial charge in [-0.25, -0.2) is 9.59 Å². The lowest BCUT2D eigenvalue weighted by Crippen LogP contribution is -2.70. The number of esters is 2. The van der Waals surface area contributed by atoms with Crippen LogP contribution in [0.25, 0.3) is 11.3 Å². The first kappa shape index (κ1) is 31.5. The highest BCUT2D eigenvalue weighted by atomic mass is 16.6. The summed E-state index contributed by atoms with van der Waals surface area (Å²) in [6, 6.07) is 13.4. The predicted molar refractivity (Wildman–Crippen MR) is 165 cm³/mol. The molecule has 2 aliphatic carbocycles. The zero-order valence-electron chi connectivity index (χ0n) is 26.6. The number of nitriles is 1. The molecule has 0 saturated heterocycles. The summed E-state index contributed by atoms with van der Waals surface area (Å²) in [5.74, 6) is -1.41. The van der Waals surface area contributed by atoms with Gasteiger partial charge >= 0.3 is 17.6 Å². The van der Waals surface area contributed by atoms with E-state index in [9.17, 15) is 24.8 Å². The largest absolute Gasteiger partial charge is 0.482 e. The van der Waals surface area contributed by atoms with Crippen molar-refractivity contribution in [2.45, 2.75) is 71.7 Å². The maximum absolute atomic E-state index is 13.7. The van der Waals surface area contributed by atoms with E-state index in [0.717, 1.165) is 6.42 Å². The third-order valence-electron chi connectivity index (χ3n) is 11.2. The van der Waals surface area contributed by atoms with E-state index < -0.39 is 52.1 Å². The molecule has 240 valence electrons. The summed E-state index contributed by atoms with van der Waals surface area (Å²) in [5, 5.41) is 21.7. The van der Waals surface area contributed by atoms with Crippen LogP contribution in [-0.2, 0) is 14.3 Å². The maximum atomic E-state index is 13.7. The number of ether oxygens (including phenoxy) is 3. The summed E-state index contributed by atoms with van der Waals surface area (Å²) in [4.78, 5) is 43.4. The van der Waals surface area contributed by atoms with Gasteiger partial charge in [0, 0.05) is 42.3 Å². The number of aliphatic hydroxyl groups excluding tert-OH is 1. The number of nitrogens with zero attached hydrogens (tertiary/aromatic N) is 2. The zero-order chi connectivity index (χ0) is 33.0. The average molecular weight is 627 g/mol. The molecule has 2 saturated carbocycles. The molecule has 10 nitrogen and oxygen atoms in total. The lowest BCUT2D eigenvalue weighted by Gasteiger charge is -2.66. The van der Waals surface area contributed by atoms with Gasteiger partial charge in [-0.1, -0.05) is 26.8 Å². The first-order chi connectivity index (χ1) is 21.8. The molecule has 0 bridgehead atoms. The molecular weight excluding hydrogens is 588 g/mol. The number of pyridine rings is 1. The molecule has 1 N–H and O–H groups in total. The number of hydrogen-bond donors (Lipinski definition) is 1. The molecule has 8 atom stereocenters. The SMILES string of the molecule is CC(=O)OCC1(C)C2C[C@H](OC(=O)c3cccc(C#N)c3)[C@@]3(C)Oc4cc(-c5cccnc5)oc(=O)c4[C@H](O)C3[C@@]2(C)CC[C@@H]1C. The van der Waals surface area contributed by atoms with Gasteiger partial charge in [0.25, 0.3) is 0 Å². The molecule has 6 rings (SSSR count). The molecule has 3 unspecified atom stereocenters. The minimum Gasteiger partial charge on any atom is -0.482 e. The standard InChI is InChI=1S/C36H38N2O8/c1-20-11-12-34(3)27(35(20,4)19-43-21(2)39)16-28(45-32(41)23-9-6-8-22(14-23)17-37)36(5)31(34)30(40)29-26(46-36)15-25(44-33(29)42)24-10-7-13-38-18-24/h6-10,13-15,18,20,27-28,30-31,40H,11-12,16,19H2,1-5H3/t20-,27?,28-,30-,31?,34-,35?,36+/m0/s1. The Bertz CT molecular complexity index is 1780. The van der Waals surface area contributed by atoms with Crippen LogP contribution in [0.2, 0.25) is 0 Å². The monoisotopic (exact) mass is 626 g/mol. The van der Waals surface area contributed by atoms with Gasteiger partial charge in [-0.3, -0.25) is 9.78 Å². The second-order valence-electron chi connectivity index (χ2n) is 13.7. The fourth-order valence-electron chi connectivity index (χ4n) is 8.61. The van der Waals surface area contributed by atoms with Crippen molar-refractivity contribution in [3.63, 3.8) is 0 Å². The van der Waals surface area contributed by atoms with E-state index in [4.69, 9.17) is 18.6 Å². The van der Waals surface area contributed by atoms with Crippen molar-refractivity contribution in [1.29, 1.82) is 5.26 Å². The Morgan fingerprint density at radius 3 is 2.65 bits per heavy atom. The van der Waals surface area contributed by atoms with Crippen LogP contribution in [0.1, 0.15) is 81.5 Å². The molecule has 3 aromatic rings. The van der Waals surface area contributed by atoms with E-state index >= 15 is 0 Å². The summed E-state index contributed by atoms with van der Waals surface area (Å²) in [7, 11) is 0. The normalized spacial score (nSPS) is 32.8. The molecule has 0 amide bonds. The lowest BCUT2D eigenvalue weighted by atomic mass is 9.41. The van der Waals surface area contributed by atoms with Crippen LogP contribution >= 0.6 is 0 Å². The molecule has 0 spiro atoms. The van der Waals surface area contributed by atoms with Crippen LogP contribution in [0.3, 0.4) is 0 Å². The van der Waals surface area contributed by atoms with Gasteiger partial charge in [0.1, 0.15) is 28.8 Å². The van der Waals surface area contributed by atoms with Gasteiger partial charge in [-0.05, 0) is 73.8 Å². The lowest BCUT2D eigenvalue weighted by molar-refractivity contribution is -0.257. The molecule has 0 radical (unpaired) electrons. The Balaban J connectivity index is 1.49. The van der Waals surface area contributed by atoms with Crippen molar-refractivity contribution in [2.24, 2.45) is 28.6 Å². The van der Waals surface area contributed by atoms with Crippen LogP contribution in [0.4, 0.5) is 0 Å². The second-order valence-corrected chi connectivity index (χ2v) is 13.7. The van der Waals surface area contributed by atoms with Gasteiger partial charge in [-0.15, -0.1) is 0 Å². The molecule has 2 aromatic heterocycles. The topological polar surface area (TPSA) is 149 Å². The highest BCUT2D eigenvalue weighted by Gasteiger charge is 2.70. The van der Waals surface area contributed by atoms with Crippen LogP contribution in [0, 0.1) is 39.9 Å². The summed E-state index contributed by atoms with van der Waals surface area (Å²) in [6.07, 6.45) is 2.83. The third kappa shape index (κ3) is 4.98. The average Bonchev–Trinajstić information content (AvgIpc) is 3.03. The van der Waals surface area contributed by atoms with Gasteiger partial charge in [0.05, 0.1) is 29.9 Å². The number of fused-ring (bicyclic) bond motifs is 4. The number of carbonyl (C=O) groups excluding carboxylic acids is 2. The Morgan fingerprint density at radius 1 is 1.17 bits per heavy atom. The number of benzene rings is 1. The van der Waals surface area contributed by atoms with Crippen molar-refractivity contribution in [2.75, 3.05) is 6.61 Å². The minimum atomic E-state index is -1.31. The molecule has 1 aliphatic heterocycles. The Kier molecular flexibility index (Phi) is 7.80. The van der Waals surface area contributed by atoms with Crippen LogP contribution in [0.15, 0.2) is 64.1 Å². The number of carbonyl (C=O) groups is 2. The van der Waals surface area contributed by atoms with Crippen molar-refractivity contribution >= 4 is 11.9 Å². The van der Waals surface area contributed by atoms with Crippen LogP contribution in [-0.4, -0.2) is 40.3 Å². The van der Waals surface area contributed by atoms with E-state index in [0.29, 0.717) is 24.0 Å². The Labute approximate surface area is 267 Å². The van der Waals surface area contributed by atoms with E-state index in [1.165, 1.54) is 13.0 Å². The quantitative estimate of drug-likeness (QED) is 0.353. The first-order valence-corrected chi connectivity index (χ1v) is 15.6. The van der Waals surface area contributed by atoms with Gasteiger partial charge < -0.3 is 23.7 Å². The molecular formula is C36H38N2O8. The van der Waals surface area contributed by atoms with E-state index in [-0.39, 0.29) is 41.1 Å². The van der Waals surface area contributed by atoms with Crippen molar-refractivity contribution in [1.82, 2.24) is 4.98 Å². The fourth-order valence-corrected chi connectivity index (χ4v) is 8.61. The van der Waals surface area contributed by atoms with Gasteiger partial charge in [0.2, 0.25) is 0 Å². The summed E-state index contributed by atoms with van der Waals surface area (Å²) in [6.45, 7) is 9.66. The predicted octanol–water partition coefficient (Wildman–Crippen LogP) is 5.63. The van der Waals surface area contributed by atoms with Crippen molar-refractivity contribution in [3.05, 3.63) is 82.0 Å². The molecule has 3 aliphatic rings. The molecule has 10 heteroatoms. The van der Waals surface area contributed by atoms with E-state index in [1.807, 2.05) is 6.92 Å². The number of aliphatic hydroxyl groups is 1. The molecule has 2 fully saturated rings. The summed E-state index contributed by atoms with van der Waals surface area (Å²) in [5.41, 5.74) is -2.05. The number of rotatable bonds is 5. The van der Waals surface area contributed by atoms with Crippen molar-refractivity contribution < 1.29 is 33.3 Å². The Hall–Kier alpha value is -4.49. The number of aromatic nitrogens is 1. The van der Waals surface area contributed by atoms with Gasteiger partial charge in [-0.2, -0.15) is 5.26 Å². The van der Waals surface area contributed by atoms with Gasteiger partial charge in [0.15, 0.2) is 0 Å². The highest BCUT2D eigenvalue weighted by Crippen LogP contribution is 2.68. The zero-order valence-corrected chi connectivity index (χ0v) is 26.6. The number of hydrogen-bond acceptors (Lipinski definition) is 10. The van der Waals surface area contributed by atoms with E-state index in [1.54, 1.807) is 48.8 Å². The minimum absolute atomic E-state index is 0.0177. The molecule has 3 heterocycles. The molecule has 1 aromatic carbocycles. The van der Waals surface area contributed by atoms with Crippen molar-refractivity contribution in [3.8, 4) is 23.1 Å². The van der Waals surface area contributed by atoms with Crippen LogP contribution < -0.4 is 10.4 Å². The summed E-state index contributed by atoms with van der Waals surface area (Å²) < 4.78 is 24.4. The Morgan fingerprint density at radius 2 is 1.96 bits per heavy atom. The second kappa shape index (κ2) is 11.4. The molecule has 46 heavy (non-hydrogen) atoms. The van der Waals surface area contributed by atoms with Crippen LogP contribution in [0.5, 0.6) is 5.75 Å².